The van der Waals surface area contributed by atoms with Gasteiger partial charge in [0.05, 0.1) is 4.92 Å². The van der Waals surface area contributed by atoms with Crippen molar-refractivity contribution in [3.63, 3.8) is 0 Å². The van der Waals surface area contributed by atoms with Gasteiger partial charge in [-0.3, -0.25) is 15.0 Å². The molecule has 20 heavy (non-hydrogen) atoms. The van der Waals surface area contributed by atoms with Gasteiger partial charge in [0.2, 0.25) is 0 Å². The zero-order valence-corrected chi connectivity index (χ0v) is 12.3. The lowest BCUT2D eigenvalue weighted by atomic mass is 10.0. The van der Waals surface area contributed by atoms with Crippen molar-refractivity contribution in [3.05, 3.63) is 33.9 Å². The van der Waals surface area contributed by atoms with Crippen molar-refractivity contribution in [2.45, 2.75) is 32.7 Å². The SMILES string of the molecule is CCCC1CCN(Cc2cccc([N+](=O)[O-])c2NC)C1. The van der Waals surface area contributed by atoms with Gasteiger partial charge in [-0.2, -0.15) is 0 Å². The summed E-state index contributed by atoms with van der Waals surface area (Å²) in [5.74, 6) is 0.789. The topological polar surface area (TPSA) is 58.4 Å². The number of nitrogens with one attached hydrogen (secondary N) is 1. The second-order valence-corrected chi connectivity index (χ2v) is 5.50. The van der Waals surface area contributed by atoms with Gasteiger partial charge in [0, 0.05) is 26.2 Å². The number of para-hydroxylation sites is 1. The number of hydrogen-bond donors (Lipinski definition) is 1. The third-order valence-corrected chi connectivity index (χ3v) is 4.04. The van der Waals surface area contributed by atoms with E-state index in [0.29, 0.717) is 5.69 Å². The summed E-state index contributed by atoms with van der Waals surface area (Å²) in [5, 5.41) is 14.0. The van der Waals surface area contributed by atoms with Crippen LogP contribution in [-0.4, -0.2) is 30.0 Å². The van der Waals surface area contributed by atoms with E-state index in [1.165, 1.54) is 19.3 Å². The first-order valence-electron chi connectivity index (χ1n) is 7.32. The van der Waals surface area contributed by atoms with E-state index in [9.17, 15) is 10.1 Å². The molecular weight excluding hydrogens is 254 g/mol. The van der Waals surface area contributed by atoms with Crippen LogP contribution in [0.15, 0.2) is 18.2 Å². The Labute approximate surface area is 120 Å². The smallest absolute Gasteiger partial charge is 0.292 e. The highest BCUT2D eigenvalue weighted by atomic mass is 16.6. The lowest BCUT2D eigenvalue weighted by Crippen LogP contribution is -2.21. The molecule has 1 aliphatic heterocycles. The summed E-state index contributed by atoms with van der Waals surface area (Å²) >= 11 is 0. The van der Waals surface area contributed by atoms with Gasteiger partial charge in [-0.1, -0.05) is 25.5 Å². The molecule has 5 nitrogen and oxygen atoms in total. The average Bonchev–Trinajstić information content (AvgIpc) is 2.86. The van der Waals surface area contributed by atoms with Crippen LogP contribution < -0.4 is 5.32 Å². The molecule has 0 bridgehead atoms. The third-order valence-electron chi connectivity index (χ3n) is 4.04. The van der Waals surface area contributed by atoms with E-state index >= 15 is 0 Å². The van der Waals surface area contributed by atoms with Crippen LogP contribution in [0, 0.1) is 16.0 Å². The molecule has 1 aromatic carbocycles. The van der Waals surface area contributed by atoms with E-state index in [1.54, 1.807) is 19.2 Å². The Morgan fingerprint density at radius 1 is 1.50 bits per heavy atom. The monoisotopic (exact) mass is 277 g/mol. The van der Waals surface area contributed by atoms with Crippen molar-refractivity contribution >= 4 is 11.4 Å². The Morgan fingerprint density at radius 2 is 2.30 bits per heavy atom. The largest absolute Gasteiger partial charge is 0.382 e. The van der Waals surface area contributed by atoms with Crippen molar-refractivity contribution in [1.82, 2.24) is 4.90 Å². The third kappa shape index (κ3) is 3.28. The summed E-state index contributed by atoms with van der Waals surface area (Å²) in [6, 6.07) is 5.30. The van der Waals surface area contributed by atoms with Gasteiger partial charge in [0.15, 0.2) is 0 Å². The van der Waals surface area contributed by atoms with Crippen molar-refractivity contribution in [2.75, 3.05) is 25.5 Å². The predicted octanol–water partition coefficient (Wildman–Crippen LogP) is 3.26. The molecule has 1 atom stereocenters. The maximum atomic E-state index is 11.1. The number of nitro benzene ring substituents is 1. The molecule has 0 saturated carbocycles. The number of benzene rings is 1. The molecule has 0 spiro atoms. The molecule has 5 heteroatoms. The Hall–Kier alpha value is -1.62. The van der Waals surface area contributed by atoms with E-state index in [4.69, 9.17) is 0 Å². The van der Waals surface area contributed by atoms with E-state index in [0.717, 1.165) is 31.1 Å². The van der Waals surface area contributed by atoms with Gasteiger partial charge in [0.1, 0.15) is 5.69 Å². The van der Waals surface area contributed by atoms with Gasteiger partial charge in [-0.05, 0) is 30.9 Å². The lowest BCUT2D eigenvalue weighted by Gasteiger charge is -2.18. The summed E-state index contributed by atoms with van der Waals surface area (Å²) in [5.41, 5.74) is 1.82. The van der Waals surface area contributed by atoms with E-state index in [-0.39, 0.29) is 10.6 Å². The average molecular weight is 277 g/mol. The highest BCUT2D eigenvalue weighted by Crippen LogP contribution is 2.30. The second kappa shape index (κ2) is 6.70. The summed E-state index contributed by atoms with van der Waals surface area (Å²) < 4.78 is 0. The fourth-order valence-corrected chi connectivity index (χ4v) is 3.10. The second-order valence-electron chi connectivity index (χ2n) is 5.50. The Balaban J connectivity index is 2.10. The first-order chi connectivity index (χ1) is 9.65. The Morgan fingerprint density at radius 3 is 2.95 bits per heavy atom. The normalized spacial score (nSPS) is 19.2. The summed E-state index contributed by atoms with van der Waals surface area (Å²) in [4.78, 5) is 13.1. The van der Waals surface area contributed by atoms with E-state index in [2.05, 4.69) is 17.1 Å². The van der Waals surface area contributed by atoms with Crippen molar-refractivity contribution in [1.29, 1.82) is 0 Å². The number of nitrogens with zero attached hydrogens (tertiary/aromatic N) is 2. The van der Waals surface area contributed by atoms with Gasteiger partial charge in [-0.25, -0.2) is 0 Å². The molecule has 0 aliphatic carbocycles. The molecule has 0 amide bonds. The van der Waals surface area contributed by atoms with Gasteiger partial charge < -0.3 is 5.32 Å². The molecule has 0 radical (unpaired) electrons. The van der Waals surface area contributed by atoms with E-state index in [1.807, 2.05) is 6.07 Å². The Kier molecular flexibility index (Phi) is 4.95. The van der Waals surface area contributed by atoms with Gasteiger partial charge in [0.25, 0.3) is 5.69 Å². The summed E-state index contributed by atoms with van der Waals surface area (Å²) in [7, 11) is 1.75. The van der Waals surface area contributed by atoms with Crippen LogP contribution in [0.3, 0.4) is 0 Å². The summed E-state index contributed by atoms with van der Waals surface area (Å²) in [6.45, 7) is 5.22. The fraction of sp³-hybridized carbons (Fsp3) is 0.600. The number of likely N-dealkylation sites (tertiary alicyclic amines) is 1. The van der Waals surface area contributed by atoms with Gasteiger partial charge >= 0.3 is 0 Å². The molecule has 110 valence electrons. The minimum Gasteiger partial charge on any atom is -0.382 e. The minimum absolute atomic E-state index is 0.161. The first kappa shape index (κ1) is 14.8. The molecule has 1 fully saturated rings. The molecule has 1 N–H and O–H groups in total. The fourth-order valence-electron chi connectivity index (χ4n) is 3.10. The van der Waals surface area contributed by atoms with Crippen molar-refractivity contribution < 1.29 is 4.92 Å². The van der Waals surface area contributed by atoms with Crippen LogP contribution in [0.4, 0.5) is 11.4 Å². The van der Waals surface area contributed by atoms with Gasteiger partial charge in [-0.15, -0.1) is 0 Å². The number of anilines is 1. The molecule has 2 rings (SSSR count). The molecule has 1 saturated heterocycles. The first-order valence-corrected chi connectivity index (χ1v) is 7.32. The zero-order valence-electron chi connectivity index (χ0n) is 12.3. The zero-order chi connectivity index (χ0) is 14.5. The minimum atomic E-state index is -0.320. The molecule has 1 heterocycles. The quantitative estimate of drug-likeness (QED) is 0.640. The molecule has 0 aromatic heterocycles. The summed E-state index contributed by atoms with van der Waals surface area (Å²) in [6.07, 6.45) is 3.76. The van der Waals surface area contributed by atoms with Crippen LogP contribution in [0.25, 0.3) is 0 Å². The van der Waals surface area contributed by atoms with Crippen LogP contribution in [0.1, 0.15) is 31.7 Å². The standard InChI is InChI=1S/C15H23N3O2/c1-3-5-12-8-9-17(10-12)11-13-6-4-7-14(18(19)20)15(13)16-2/h4,6-7,12,16H,3,5,8-11H2,1-2H3. The maximum absolute atomic E-state index is 11.1. The molecule has 1 unspecified atom stereocenters. The number of hydrogen-bond acceptors (Lipinski definition) is 4. The van der Waals surface area contributed by atoms with Crippen LogP contribution in [0.5, 0.6) is 0 Å². The van der Waals surface area contributed by atoms with Crippen LogP contribution >= 0.6 is 0 Å². The van der Waals surface area contributed by atoms with Crippen LogP contribution in [-0.2, 0) is 6.54 Å². The molecule has 1 aliphatic rings. The van der Waals surface area contributed by atoms with E-state index < -0.39 is 0 Å². The highest BCUT2D eigenvalue weighted by molar-refractivity contribution is 5.66. The lowest BCUT2D eigenvalue weighted by molar-refractivity contribution is -0.384. The number of nitro groups is 1. The number of rotatable bonds is 6. The Bertz CT molecular complexity index is 476. The molecular formula is C15H23N3O2. The van der Waals surface area contributed by atoms with Crippen molar-refractivity contribution in [3.8, 4) is 0 Å². The van der Waals surface area contributed by atoms with Crippen molar-refractivity contribution in [2.24, 2.45) is 5.92 Å². The molecule has 1 aromatic rings. The highest BCUT2D eigenvalue weighted by Gasteiger charge is 2.24. The maximum Gasteiger partial charge on any atom is 0.292 e. The van der Waals surface area contributed by atoms with Crippen LogP contribution in [0.2, 0.25) is 0 Å². The predicted molar refractivity (Wildman–Crippen MR) is 80.9 cm³/mol.